The predicted molar refractivity (Wildman–Crippen MR) is 97.1 cm³/mol. The number of halogens is 1. The van der Waals surface area contributed by atoms with Gasteiger partial charge in [0.1, 0.15) is 0 Å². The van der Waals surface area contributed by atoms with E-state index in [1.807, 2.05) is 11.3 Å². The van der Waals surface area contributed by atoms with Crippen molar-refractivity contribution in [1.29, 1.82) is 0 Å². The van der Waals surface area contributed by atoms with Gasteiger partial charge in [-0.3, -0.25) is 0 Å². The Bertz CT molecular complexity index is 545. The Morgan fingerprint density at radius 1 is 1.14 bits per heavy atom. The first-order valence-electron chi connectivity index (χ1n) is 7.67. The fraction of sp³-hybridized carbons (Fsp3) is 0.444. The Balaban J connectivity index is 2.22. The van der Waals surface area contributed by atoms with Gasteiger partial charge in [-0.05, 0) is 63.8 Å². The molecule has 0 amide bonds. The molecule has 2 aromatic rings. The highest BCUT2D eigenvalue weighted by molar-refractivity contribution is 9.10. The van der Waals surface area contributed by atoms with Gasteiger partial charge in [-0.1, -0.05) is 45.0 Å². The van der Waals surface area contributed by atoms with Gasteiger partial charge in [0.15, 0.2) is 0 Å². The van der Waals surface area contributed by atoms with Gasteiger partial charge >= 0.3 is 0 Å². The zero-order valence-electron chi connectivity index (χ0n) is 13.0. The van der Waals surface area contributed by atoms with Crippen molar-refractivity contribution in [2.24, 2.45) is 5.92 Å². The monoisotopic (exact) mass is 365 g/mol. The van der Waals surface area contributed by atoms with Crippen molar-refractivity contribution in [3.8, 4) is 0 Å². The Morgan fingerprint density at radius 2 is 1.86 bits per heavy atom. The third-order valence-corrected chi connectivity index (χ3v) is 5.40. The topological polar surface area (TPSA) is 12.0 Å². The van der Waals surface area contributed by atoms with Gasteiger partial charge in [-0.15, -0.1) is 11.3 Å². The molecule has 0 saturated carbocycles. The van der Waals surface area contributed by atoms with E-state index in [1.165, 1.54) is 20.5 Å². The van der Waals surface area contributed by atoms with Crippen LogP contribution in [0.2, 0.25) is 0 Å². The normalized spacial score (nSPS) is 12.8. The zero-order chi connectivity index (χ0) is 15.2. The van der Waals surface area contributed by atoms with Crippen LogP contribution in [0.1, 0.15) is 49.2 Å². The van der Waals surface area contributed by atoms with Gasteiger partial charge in [-0.25, -0.2) is 0 Å². The zero-order valence-corrected chi connectivity index (χ0v) is 15.4. The number of hydrogen-bond donors (Lipinski definition) is 1. The van der Waals surface area contributed by atoms with Crippen LogP contribution in [0.25, 0.3) is 0 Å². The van der Waals surface area contributed by atoms with Crippen molar-refractivity contribution in [2.45, 2.75) is 39.7 Å². The molecule has 3 heteroatoms. The fourth-order valence-electron chi connectivity index (χ4n) is 2.48. The molecule has 21 heavy (non-hydrogen) atoms. The summed E-state index contributed by atoms with van der Waals surface area (Å²) in [6, 6.07) is 11.5. The summed E-state index contributed by atoms with van der Waals surface area (Å²) < 4.78 is 1.20. The van der Waals surface area contributed by atoms with Gasteiger partial charge < -0.3 is 5.32 Å². The Kier molecular flexibility index (Phi) is 6.46. The van der Waals surface area contributed by atoms with Crippen LogP contribution in [0, 0.1) is 5.92 Å². The number of nitrogens with one attached hydrogen (secondary N) is 1. The van der Waals surface area contributed by atoms with Crippen LogP contribution < -0.4 is 5.32 Å². The first-order valence-corrected chi connectivity index (χ1v) is 9.34. The van der Waals surface area contributed by atoms with Crippen LogP contribution in [-0.4, -0.2) is 6.54 Å². The smallest absolute Gasteiger partial charge is 0.0682 e. The lowest BCUT2D eigenvalue weighted by Crippen LogP contribution is -2.22. The molecule has 0 spiro atoms. The molecular weight excluding hydrogens is 342 g/mol. The molecule has 0 fully saturated rings. The Labute approximate surface area is 140 Å². The molecule has 1 unspecified atom stereocenters. The summed E-state index contributed by atoms with van der Waals surface area (Å²) >= 11 is 5.48. The molecule has 1 aromatic carbocycles. The number of hydrogen-bond acceptors (Lipinski definition) is 2. The van der Waals surface area contributed by atoms with Gasteiger partial charge in [0.05, 0.1) is 6.04 Å². The molecule has 0 aliphatic carbocycles. The molecule has 0 radical (unpaired) electrons. The molecule has 1 atom stereocenters. The molecule has 0 bridgehead atoms. The van der Waals surface area contributed by atoms with E-state index in [2.05, 4.69) is 77.7 Å². The van der Waals surface area contributed by atoms with Crippen LogP contribution >= 0.6 is 27.3 Å². The lowest BCUT2D eigenvalue weighted by Gasteiger charge is -2.19. The van der Waals surface area contributed by atoms with Crippen molar-refractivity contribution >= 4 is 27.3 Å². The van der Waals surface area contributed by atoms with Crippen molar-refractivity contribution in [1.82, 2.24) is 5.32 Å². The third-order valence-electron chi connectivity index (χ3n) is 3.46. The summed E-state index contributed by atoms with van der Waals surface area (Å²) in [7, 11) is 0. The molecule has 1 heterocycles. The first kappa shape index (κ1) is 16.7. The molecule has 1 nitrogen and oxygen atoms in total. The summed E-state index contributed by atoms with van der Waals surface area (Å²) in [5.41, 5.74) is 2.77. The van der Waals surface area contributed by atoms with E-state index in [0.29, 0.717) is 5.92 Å². The van der Waals surface area contributed by atoms with E-state index in [0.717, 1.165) is 19.4 Å². The second kappa shape index (κ2) is 8.11. The van der Waals surface area contributed by atoms with E-state index < -0.39 is 0 Å². The summed E-state index contributed by atoms with van der Waals surface area (Å²) in [6.45, 7) is 7.77. The molecule has 0 aliphatic rings. The first-order chi connectivity index (χ1) is 10.1. The van der Waals surface area contributed by atoms with E-state index in [4.69, 9.17) is 0 Å². The highest BCUT2D eigenvalue weighted by Gasteiger charge is 2.17. The minimum Gasteiger partial charge on any atom is -0.306 e. The quantitative estimate of drug-likeness (QED) is 0.653. The minimum absolute atomic E-state index is 0.285. The van der Waals surface area contributed by atoms with E-state index >= 15 is 0 Å². The second-order valence-corrected chi connectivity index (χ2v) is 7.66. The second-order valence-electron chi connectivity index (χ2n) is 5.86. The molecule has 0 saturated heterocycles. The molecule has 2 rings (SSSR count). The lowest BCUT2D eigenvalue weighted by atomic mass is 9.99. The Morgan fingerprint density at radius 3 is 2.38 bits per heavy atom. The minimum atomic E-state index is 0.285. The summed E-state index contributed by atoms with van der Waals surface area (Å²) in [6.07, 6.45) is 2.29. The number of rotatable bonds is 7. The average Bonchev–Trinajstić information content (AvgIpc) is 2.87. The Hall–Kier alpha value is -0.640. The fourth-order valence-corrected chi connectivity index (χ4v) is 4.18. The van der Waals surface area contributed by atoms with E-state index in [9.17, 15) is 0 Å². The van der Waals surface area contributed by atoms with Gasteiger partial charge in [0.25, 0.3) is 0 Å². The van der Waals surface area contributed by atoms with Crippen molar-refractivity contribution < 1.29 is 0 Å². The van der Waals surface area contributed by atoms with Crippen LogP contribution in [0.3, 0.4) is 0 Å². The molecule has 114 valence electrons. The van der Waals surface area contributed by atoms with Crippen LogP contribution in [-0.2, 0) is 6.42 Å². The highest BCUT2D eigenvalue weighted by Crippen LogP contribution is 2.33. The van der Waals surface area contributed by atoms with Crippen molar-refractivity contribution in [2.75, 3.05) is 6.54 Å². The van der Waals surface area contributed by atoms with E-state index in [-0.39, 0.29) is 6.04 Å². The molecule has 0 aliphatic heterocycles. The SMILES string of the molecule is CCCNC(c1ccc(CC(C)C)cc1)c1sccc1Br. The highest BCUT2D eigenvalue weighted by atomic mass is 79.9. The number of thiophene rings is 1. The van der Waals surface area contributed by atoms with Crippen LogP contribution in [0.15, 0.2) is 40.2 Å². The van der Waals surface area contributed by atoms with Crippen LogP contribution in [0.5, 0.6) is 0 Å². The van der Waals surface area contributed by atoms with Crippen molar-refractivity contribution in [3.63, 3.8) is 0 Å². The maximum atomic E-state index is 3.67. The maximum Gasteiger partial charge on any atom is 0.0682 e. The molecular formula is C18H24BrNS. The van der Waals surface area contributed by atoms with Gasteiger partial charge in [-0.2, -0.15) is 0 Å². The average molecular weight is 366 g/mol. The van der Waals surface area contributed by atoms with E-state index in [1.54, 1.807) is 0 Å². The standard InChI is InChI=1S/C18H24BrNS/c1-4-10-20-17(18-16(19)9-11-21-18)15-7-5-14(6-8-15)12-13(2)3/h5-9,11,13,17,20H,4,10,12H2,1-3H3. The maximum absolute atomic E-state index is 3.67. The third kappa shape index (κ3) is 4.67. The van der Waals surface area contributed by atoms with Gasteiger partial charge in [0, 0.05) is 9.35 Å². The van der Waals surface area contributed by atoms with Gasteiger partial charge in [0.2, 0.25) is 0 Å². The molecule has 1 aromatic heterocycles. The van der Waals surface area contributed by atoms with Crippen LogP contribution in [0.4, 0.5) is 0 Å². The predicted octanol–water partition coefficient (Wildman–Crippen LogP) is 5.80. The number of benzene rings is 1. The lowest BCUT2D eigenvalue weighted by molar-refractivity contribution is 0.603. The summed E-state index contributed by atoms with van der Waals surface area (Å²) in [4.78, 5) is 1.36. The largest absolute Gasteiger partial charge is 0.306 e. The summed E-state index contributed by atoms with van der Waals surface area (Å²) in [5.74, 6) is 0.705. The molecule has 1 N–H and O–H groups in total. The van der Waals surface area contributed by atoms with Crippen molar-refractivity contribution in [3.05, 3.63) is 56.2 Å². The summed E-state index contributed by atoms with van der Waals surface area (Å²) in [5, 5.41) is 5.82.